The molecule has 19 heavy (non-hydrogen) atoms. The summed E-state index contributed by atoms with van der Waals surface area (Å²) in [6.07, 6.45) is 2.20. The van der Waals surface area contributed by atoms with E-state index < -0.39 is 0 Å². The van der Waals surface area contributed by atoms with Crippen molar-refractivity contribution in [3.63, 3.8) is 0 Å². The van der Waals surface area contributed by atoms with Gasteiger partial charge in [0.05, 0.1) is 6.04 Å². The first-order valence-corrected chi connectivity index (χ1v) is 8.06. The summed E-state index contributed by atoms with van der Waals surface area (Å²) in [6, 6.07) is 11.6. The Morgan fingerprint density at radius 3 is 2.63 bits per heavy atom. The third kappa shape index (κ3) is 3.26. The van der Waals surface area contributed by atoms with Crippen LogP contribution in [0.2, 0.25) is 0 Å². The summed E-state index contributed by atoms with van der Waals surface area (Å²) in [6.45, 7) is 7.61. The van der Waals surface area contributed by atoms with Crippen molar-refractivity contribution < 1.29 is 0 Å². The van der Waals surface area contributed by atoms with Gasteiger partial charge in [0.15, 0.2) is 0 Å². The van der Waals surface area contributed by atoms with E-state index in [1.165, 1.54) is 21.6 Å². The highest BCUT2D eigenvalue weighted by Gasteiger charge is 2.17. The molecule has 1 unspecified atom stereocenters. The third-order valence-electron chi connectivity index (χ3n) is 3.52. The molecular formula is C17H23NS. The van der Waals surface area contributed by atoms with Crippen LogP contribution < -0.4 is 5.32 Å². The second-order valence-corrected chi connectivity index (χ2v) is 5.70. The molecule has 1 aromatic carbocycles. The Balaban J connectivity index is 2.39. The summed E-state index contributed by atoms with van der Waals surface area (Å²) in [5.74, 6) is 0. The summed E-state index contributed by atoms with van der Waals surface area (Å²) >= 11 is 1.87. The summed E-state index contributed by atoms with van der Waals surface area (Å²) in [5, 5.41) is 5.85. The predicted molar refractivity (Wildman–Crippen MR) is 85.0 cm³/mol. The first kappa shape index (κ1) is 14.3. The van der Waals surface area contributed by atoms with Crippen LogP contribution in [0.15, 0.2) is 35.7 Å². The highest BCUT2D eigenvalue weighted by Crippen LogP contribution is 2.30. The summed E-state index contributed by atoms with van der Waals surface area (Å²) < 4.78 is 0. The van der Waals surface area contributed by atoms with Crippen molar-refractivity contribution in [3.05, 3.63) is 57.3 Å². The monoisotopic (exact) mass is 273 g/mol. The Morgan fingerprint density at radius 2 is 1.95 bits per heavy atom. The quantitative estimate of drug-likeness (QED) is 0.813. The topological polar surface area (TPSA) is 12.0 Å². The number of thiophene rings is 1. The first-order chi connectivity index (χ1) is 9.30. The van der Waals surface area contributed by atoms with E-state index in [2.05, 4.69) is 61.8 Å². The van der Waals surface area contributed by atoms with E-state index in [1.807, 2.05) is 11.3 Å². The molecule has 1 heterocycles. The van der Waals surface area contributed by atoms with Crippen LogP contribution >= 0.6 is 11.3 Å². The maximum atomic E-state index is 3.64. The van der Waals surface area contributed by atoms with Crippen molar-refractivity contribution in [1.82, 2.24) is 5.32 Å². The lowest BCUT2D eigenvalue weighted by Gasteiger charge is -2.19. The molecule has 1 N–H and O–H groups in total. The summed E-state index contributed by atoms with van der Waals surface area (Å²) in [7, 11) is 0. The van der Waals surface area contributed by atoms with Crippen LogP contribution in [-0.4, -0.2) is 6.54 Å². The Labute approximate surface area is 120 Å². The van der Waals surface area contributed by atoms with E-state index in [0.717, 1.165) is 19.4 Å². The van der Waals surface area contributed by atoms with Gasteiger partial charge in [-0.05, 0) is 47.5 Å². The van der Waals surface area contributed by atoms with E-state index >= 15 is 0 Å². The molecule has 2 rings (SSSR count). The second-order valence-electron chi connectivity index (χ2n) is 4.75. The van der Waals surface area contributed by atoms with Crippen LogP contribution in [0.1, 0.15) is 48.4 Å². The van der Waals surface area contributed by atoms with Crippen molar-refractivity contribution in [3.8, 4) is 0 Å². The first-order valence-electron chi connectivity index (χ1n) is 7.18. The van der Waals surface area contributed by atoms with Gasteiger partial charge >= 0.3 is 0 Å². The van der Waals surface area contributed by atoms with E-state index in [0.29, 0.717) is 6.04 Å². The van der Waals surface area contributed by atoms with Gasteiger partial charge in [-0.1, -0.05) is 45.0 Å². The van der Waals surface area contributed by atoms with Crippen LogP contribution in [0, 0.1) is 0 Å². The fourth-order valence-corrected chi connectivity index (χ4v) is 3.55. The van der Waals surface area contributed by atoms with Crippen molar-refractivity contribution >= 4 is 11.3 Å². The molecule has 0 aliphatic carbocycles. The van der Waals surface area contributed by atoms with Crippen LogP contribution in [0.4, 0.5) is 0 Å². The molecule has 2 heteroatoms. The number of nitrogens with one attached hydrogen (secondary N) is 1. The van der Waals surface area contributed by atoms with Crippen LogP contribution in [-0.2, 0) is 12.8 Å². The summed E-state index contributed by atoms with van der Waals surface area (Å²) in [4.78, 5) is 1.47. The lowest BCUT2D eigenvalue weighted by molar-refractivity contribution is 0.634. The molecule has 0 fully saturated rings. The number of hydrogen-bond donors (Lipinski definition) is 1. The fraction of sp³-hybridized carbons (Fsp3) is 0.412. The Hall–Kier alpha value is -1.12. The van der Waals surface area contributed by atoms with E-state index in [-0.39, 0.29) is 0 Å². The van der Waals surface area contributed by atoms with Gasteiger partial charge < -0.3 is 5.32 Å². The molecule has 0 aliphatic rings. The Morgan fingerprint density at radius 1 is 1.11 bits per heavy atom. The molecule has 0 radical (unpaired) electrons. The lowest BCUT2D eigenvalue weighted by atomic mass is 9.99. The average molecular weight is 273 g/mol. The van der Waals surface area contributed by atoms with Crippen LogP contribution in [0.3, 0.4) is 0 Å². The fourth-order valence-electron chi connectivity index (χ4n) is 2.45. The highest BCUT2D eigenvalue weighted by molar-refractivity contribution is 7.10. The van der Waals surface area contributed by atoms with Crippen molar-refractivity contribution in [1.29, 1.82) is 0 Å². The van der Waals surface area contributed by atoms with E-state index in [4.69, 9.17) is 0 Å². The SMILES string of the molecule is CCNC(c1cccc(CC)c1)c1sccc1CC. The van der Waals surface area contributed by atoms with Gasteiger partial charge in [-0.3, -0.25) is 0 Å². The molecule has 1 aromatic heterocycles. The largest absolute Gasteiger partial charge is 0.306 e. The van der Waals surface area contributed by atoms with Crippen molar-refractivity contribution in [2.45, 2.75) is 39.7 Å². The van der Waals surface area contributed by atoms with Gasteiger partial charge in [0.1, 0.15) is 0 Å². The zero-order valence-corrected chi connectivity index (χ0v) is 12.9. The van der Waals surface area contributed by atoms with Crippen LogP contribution in [0.25, 0.3) is 0 Å². The second kappa shape index (κ2) is 6.88. The Bertz CT molecular complexity index is 515. The maximum Gasteiger partial charge on any atom is 0.0673 e. The molecule has 0 saturated heterocycles. The van der Waals surface area contributed by atoms with Gasteiger partial charge in [0, 0.05) is 4.88 Å². The molecule has 0 spiro atoms. The van der Waals surface area contributed by atoms with Gasteiger partial charge in [0.2, 0.25) is 0 Å². The van der Waals surface area contributed by atoms with Gasteiger partial charge in [-0.15, -0.1) is 11.3 Å². The van der Waals surface area contributed by atoms with Gasteiger partial charge in [0.25, 0.3) is 0 Å². The lowest BCUT2D eigenvalue weighted by Crippen LogP contribution is -2.22. The van der Waals surface area contributed by atoms with Gasteiger partial charge in [-0.25, -0.2) is 0 Å². The van der Waals surface area contributed by atoms with Crippen molar-refractivity contribution in [2.75, 3.05) is 6.54 Å². The third-order valence-corrected chi connectivity index (χ3v) is 4.55. The molecule has 0 saturated carbocycles. The highest BCUT2D eigenvalue weighted by atomic mass is 32.1. The number of hydrogen-bond acceptors (Lipinski definition) is 2. The van der Waals surface area contributed by atoms with Crippen molar-refractivity contribution in [2.24, 2.45) is 0 Å². The Kier molecular flexibility index (Phi) is 5.17. The average Bonchev–Trinajstić information content (AvgIpc) is 2.93. The molecule has 2 aromatic rings. The number of benzene rings is 1. The number of aryl methyl sites for hydroxylation is 2. The standard InChI is InChI=1S/C17H23NS/c1-4-13-8-7-9-15(12-13)16(18-6-3)17-14(5-2)10-11-19-17/h7-12,16,18H,4-6H2,1-3H3. The zero-order valence-electron chi connectivity index (χ0n) is 12.1. The molecular weight excluding hydrogens is 250 g/mol. The minimum atomic E-state index is 0.339. The molecule has 1 nitrogen and oxygen atoms in total. The van der Waals surface area contributed by atoms with E-state index in [9.17, 15) is 0 Å². The van der Waals surface area contributed by atoms with Crippen LogP contribution in [0.5, 0.6) is 0 Å². The number of rotatable bonds is 6. The molecule has 1 atom stereocenters. The summed E-state index contributed by atoms with van der Waals surface area (Å²) in [5.41, 5.74) is 4.27. The molecule has 0 aliphatic heterocycles. The normalized spacial score (nSPS) is 12.6. The zero-order chi connectivity index (χ0) is 13.7. The molecule has 0 bridgehead atoms. The smallest absolute Gasteiger partial charge is 0.0673 e. The molecule has 102 valence electrons. The van der Waals surface area contributed by atoms with Gasteiger partial charge in [-0.2, -0.15) is 0 Å². The minimum Gasteiger partial charge on any atom is -0.306 e. The predicted octanol–water partition coefficient (Wildman–Crippen LogP) is 4.57. The molecule has 0 amide bonds. The minimum absolute atomic E-state index is 0.339. The van der Waals surface area contributed by atoms with E-state index in [1.54, 1.807) is 0 Å². The maximum absolute atomic E-state index is 3.64.